The molecule has 0 fully saturated rings. The van der Waals surface area contributed by atoms with E-state index in [9.17, 15) is 9.59 Å². The van der Waals surface area contributed by atoms with Crippen LogP contribution in [-0.2, 0) is 6.54 Å². The topological polar surface area (TPSA) is 91.3 Å². The van der Waals surface area contributed by atoms with E-state index >= 15 is 0 Å². The summed E-state index contributed by atoms with van der Waals surface area (Å²) in [4.78, 5) is 27.9. The number of carboxylic acid groups (broad SMARTS) is 1. The number of aromatic nitrogens is 1. The Hall–Kier alpha value is -2.41. The van der Waals surface area contributed by atoms with E-state index in [1.807, 2.05) is 13.8 Å². The number of thiazole rings is 1. The normalized spacial score (nSPS) is 11.7. The van der Waals surface area contributed by atoms with Crippen molar-refractivity contribution >= 4 is 23.3 Å². The number of nitrogens with one attached hydrogen (secondary N) is 2. The van der Waals surface area contributed by atoms with Gasteiger partial charge >= 0.3 is 12.0 Å². The molecule has 1 heterocycles. The average Bonchev–Trinajstić information content (AvgIpc) is 2.92. The van der Waals surface area contributed by atoms with Crippen LogP contribution in [-0.4, -0.2) is 22.1 Å². The van der Waals surface area contributed by atoms with Crippen molar-refractivity contribution in [3.8, 4) is 0 Å². The van der Waals surface area contributed by atoms with Gasteiger partial charge in [0.15, 0.2) is 0 Å². The second-order valence-electron chi connectivity index (χ2n) is 4.84. The predicted molar refractivity (Wildman–Crippen MR) is 84.0 cm³/mol. The lowest BCUT2D eigenvalue weighted by atomic mass is 10.1. The smallest absolute Gasteiger partial charge is 0.335 e. The van der Waals surface area contributed by atoms with Gasteiger partial charge in [0, 0.05) is 17.6 Å². The van der Waals surface area contributed by atoms with Gasteiger partial charge in [0.25, 0.3) is 0 Å². The number of carbonyl (C=O) groups is 2. The number of hydrogen-bond donors (Lipinski definition) is 3. The number of aromatic carboxylic acids is 1. The lowest BCUT2D eigenvalue weighted by Crippen LogP contribution is -2.36. The van der Waals surface area contributed by atoms with Crippen LogP contribution in [0.5, 0.6) is 0 Å². The van der Waals surface area contributed by atoms with E-state index in [4.69, 9.17) is 5.11 Å². The van der Waals surface area contributed by atoms with Gasteiger partial charge in [0.2, 0.25) is 0 Å². The molecule has 2 aromatic rings. The molecule has 0 aliphatic carbocycles. The number of urea groups is 1. The Balaban J connectivity index is 1.87. The van der Waals surface area contributed by atoms with Crippen molar-refractivity contribution in [3.63, 3.8) is 0 Å². The van der Waals surface area contributed by atoms with Crippen LogP contribution in [0.25, 0.3) is 0 Å². The second-order valence-corrected chi connectivity index (χ2v) is 6.10. The number of aryl methyl sites for hydroxylation is 1. The molecule has 1 aromatic carbocycles. The lowest BCUT2D eigenvalue weighted by Gasteiger charge is -2.13. The fraction of sp³-hybridized carbons (Fsp3) is 0.267. The molecule has 0 spiro atoms. The van der Waals surface area contributed by atoms with Crippen LogP contribution in [0.2, 0.25) is 0 Å². The number of carbonyl (C=O) groups excluding carboxylic acids is 1. The van der Waals surface area contributed by atoms with Crippen molar-refractivity contribution in [2.75, 3.05) is 0 Å². The molecule has 1 aromatic heterocycles. The highest BCUT2D eigenvalue weighted by atomic mass is 32.1. The van der Waals surface area contributed by atoms with Gasteiger partial charge in [0.05, 0.1) is 16.6 Å². The summed E-state index contributed by atoms with van der Waals surface area (Å²) in [6, 6.07) is 6.04. The van der Waals surface area contributed by atoms with Crippen LogP contribution in [0.15, 0.2) is 30.5 Å². The molecule has 3 N–H and O–H groups in total. The van der Waals surface area contributed by atoms with E-state index in [-0.39, 0.29) is 24.2 Å². The summed E-state index contributed by atoms with van der Waals surface area (Å²) < 4.78 is 0. The number of benzene rings is 1. The SMILES string of the molecule is Cc1ncc(C(C)NC(=O)NCc2cccc(C(=O)O)c2)s1. The quantitative estimate of drug-likeness (QED) is 0.790. The summed E-state index contributed by atoms with van der Waals surface area (Å²) in [7, 11) is 0. The van der Waals surface area contributed by atoms with Gasteiger partial charge in [-0.3, -0.25) is 0 Å². The number of amides is 2. The highest BCUT2D eigenvalue weighted by molar-refractivity contribution is 7.11. The molecule has 1 unspecified atom stereocenters. The Bertz CT molecular complexity index is 684. The van der Waals surface area contributed by atoms with Gasteiger partial charge in [-0.1, -0.05) is 12.1 Å². The van der Waals surface area contributed by atoms with E-state index in [0.717, 1.165) is 15.4 Å². The molecule has 2 amide bonds. The van der Waals surface area contributed by atoms with E-state index in [2.05, 4.69) is 15.6 Å². The van der Waals surface area contributed by atoms with Crippen molar-refractivity contribution in [1.29, 1.82) is 0 Å². The monoisotopic (exact) mass is 319 g/mol. The number of rotatable bonds is 5. The molecule has 22 heavy (non-hydrogen) atoms. The maximum atomic E-state index is 11.9. The molecule has 0 bridgehead atoms. The summed E-state index contributed by atoms with van der Waals surface area (Å²) in [6.07, 6.45) is 1.75. The molecule has 116 valence electrons. The third kappa shape index (κ3) is 4.29. The molecule has 6 nitrogen and oxygen atoms in total. The summed E-state index contributed by atoms with van der Waals surface area (Å²) in [5.74, 6) is -0.986. The van der Waals surface area contributed by atoms with Gasteiger partial charge in [-0.15, -0.1) is 11.3 Å². The van der Waals surface area contributed by atoms with Gasteiger partial charge in [-0.25, -0.2) is 14.6 Å². The van der Waals surface area contributed by atoms with Gasteiger partial charge in [-0.05, 0) is 31.5 Å². The fourth-order valence-electron chi connectivity index (χ4n) is 1.89. The number of nitrogens with zero attached hydrogens (tertiary/aromatic N) is 1. The summed E-state index contributed by atoms with van der Waals surface area (Å²) in [6.45, 7) is 4.06. The molecule has 0 saturated carbocycles. The molecule has 2 rings (SSSR count). The molecular weight excluding hydrogens is 302 g/mol. The van der Waals surface area contributed by atoms with Gasteiger partial charge in [0.1, 0.15) is 0 Å². The maximum absolute atomic E-state index is 11.9. The summed E-state index contributed by atoms with van der Waals surface area (Å²) in [5, 5.41) is 15.4. The first-order valence-electron chi connectivity index (χ1n) is 6.74. The molecule has 1 atom stereocenters. The van der Waals surface area contributed by atoms with E-state index in [1.165, 1.54) is 17.4 Å². The highest BCUT2D eigenvalue weighted by Crippen LogP contribution is 2.19. The van der Waals surface area contributed by atoms with Gasteiger partial charge in [-0.2, -0.15) is 0 Å². The van der Waals surface area contributed by atoms with Crippen molar-refractivity contribution in [3.05, 3.63) is 51.5 Å². The third-order valence-corrected chi connectivity index (χ3v) is 4.14. The van der Waals surface area contributed by atoms with Crippen LogP contribution in [0.3, 0.4) is 0 Å². The van der Waals surface area contributed by atoms with E-state index in [0.29, 0.717) is 0 Å². The van der Waals surface area contributed by atoms with Crippen molar-refractivity contribution < 1.29 is 14.7 Å². The molecule has 7 heteroatoms. The first-order valence-corrected chi connectivity index (χ1v) is 7.56. The molecular formula is C15H17N3O3S. The number of carboxylic acids is 1. The highest BCUT2D eigenvalue weighted by Gasteiger charge is 2.11. The van der Waals surface area contributed by atoms with E-state index < -0.39 is 5.97 Å². The first kappa shape index (κ1) is 16.0. The third-order valence-electron chi connectivity index (χ3n) is 3.04. The maximum Gasteiger partial charge on any atom is 0.335 e. The Morgan fingerprint density at radius 2 is 2.18 bits per heavy atom. The zero-order valence-corrected chi connectivity index (χ0v) is 13.1. The van der Waals surface area contributed by atoms with Crippen LogP contribution in [0, 0.1) is 6.92 Å². The zero-order chi connectivity index (χ0) is 16.1. The zero-order valence-electron chi connectivity index (χ0n) is 12.3. The van der Waals surface area contributed by atoms with Crippen LogP contribution >= 0.6 is 11.3 Å². The van der Waals surface area contributed by atoms with Crippen molar-refractivity contribution in [2.45, 2.75) is 26.4 Å². The fourth-order valence-corrected chi connectivity index (χ4v) is 2.68. The summed E-state index contributed by atoms with van der Waals surface area (Å²) in [5.41, 5.74) is 0.935. The molecule has 0 saturated heterocycles. The summed E-state index contributed by atoms with van der Waals surface area (Å²) >= 11 is 1.54. The number of hydrogen-bond acceptors (Lipinski definition) is 4. The minimum absolute atomic E-state index is 0.128. The molecule has 0 aliphatic heterocycles. The minimum Gasteiger partial charge on any atom is -0.478 e. The first-order chi connectivity index (χ1) is 10.5. The van der Waals surface area contributed by atoms with Gasteiger partial charge < -0.3 is 15.7 Å². The molecule has 0 aliphatic rings. The van der Waals surface area contributed by atoms with Crippen molar-refractivity contribution in [2.24, 2.45) is 0 Å². The van der Waals surface area contributed by atoms with Crippen LogP contribution < -0.4 is 10.6 Å². The average molecular weight is 319 g/mol. The standard InChI is InChI=1S/C15H17N3O3S/c1-9(13-8-16-10(2)22-13)18-15(21)17-7-11-4-3-5-12(6-11)14(19)20/h3-6,8-9H,7H2,1-2H3,(H,19,20)(H2,17,18,21). The Kier molecular flexibility index (Phi) is 5.11. The van der Waals surface area contributed by atoms with Crippen LogP contribution in [0.4, 0.5) is 4.79 Å². The molecule has 0 radical (unpaired) electrons. The van der Waals surface area contributed by atoms with Crippen molar-refractivity contribution in [1.82, 2.24) is 15.6 Å². The Morgan fingerprint density at radius 3 is 2.82 bits per heavy atom. The minimum atomic E-state index is -0.986. The second kappa shape index (κ2) is 7.04. The Morgan fingerprint density at radius 1 is 1.41 bits per heavy atom. The largest absolute Gasteiger partial charge is 0.478 e. The van der Waals surface area contributed by atoms with E-state index in [1.54, 1.807) is 24.4 Å². The Labute approximate surface area is 132 Å². The predicted octanol–water partition coefficient (Wildman–Crippen LogP) is 2.71. The lowest BCUT2D eigenvalue weighted by molar-refractivity contribution is 0.0696. The van der Waals surface area contributed by atoms with Crippen LogP contribution in [0.1, 0.15) is 38.8 Å².